The SMILES string of the molecule is CN=C(NCCc1c[nH]c2ccccc12)NCc1ccnc(OC)c1.I. The number of nitrogens with zero attached hydrogens (tertiary/aromatic N) is 2. The highest BCUT2D eigenvalue weighted by molar-refractivity contribution is 14.0. The maximum atomic E-state index is 5.14. The van der Waals surface area contributed by atoms with Gasteiger partial charge in [0, 0.05) is 49.5 Å². The van der Waals surface area contributed by atoms with E-state index in [-0.39, 0.29) is 24.0 Å². The van der Waals surface area contributed by atoms with Crippen LogP contribution in [0.3, 0.4) is 0 Å². The molecule has 3 rings (SSSR count). The fourth-order valence-electron chi connectivity index (χ4n) is 2.73. The Labute approximate surface area is 170 Å². The molecular formula is C19H24IN5O. The summed E-state index contributed by atoms with van der Waals surface area (Å²) in [5, 5.41) is 7.93. The molecule has 0 aliphatic rings. The second-order valence-electron chi connectivity index (χ2n) is 5.67. The number of nitrogens with one attached hydrogen (secondary N) is 3. The third kappa shape index (κ3) is 5.10. The summed E-state index contributed by atoms with van der Waals surface area (Å²) in [5.41, 5.74) is 3.57. The molecule has 0 aliphatic carbocycles. The van der Waals surface area contributed by atoms with Crippen molar-refractivity contribution in [2.75, 3.05) is 20.7 Å². The van der Waals surface area contributed by atoms with E-state index < -0.39 is 0 Å². The Hall–Kier alpha value is -2.29. The molecule has 0 radical (unpaired) electrons. The van der Waals surface area contributed by atoms with Gasteiger partial charge in [-0.15, -0.1) is 24.0 Å². The highest BCUT2D eigenvalue weighted by Gasteiger charge is 2.04. The third-order valence-electron chi connectivity index (χ3n) is 4.05. The fraction of sp³-hybridized carbons (Fsp3) is 0.263. The van der Waals surface area contributed by atoms with Crippen LogP contribution in [0.15, 0.2) is 53.8 Å². The van der Waals surface area contributed by atoms with E-state index in [1.54, 1.807) is 20.4 Å². The lowest BCUT2D eigenvalue weighted by molar-refractivity contribution is 0.397. The minimum absolute atomic E-state index is 0. The molecule has 1 aromatic carbocycles. The van der Waals surface area contributed by atoms with Gasteiger partial charge in [-0.1, -0.05) is 18.2 Å². The molecule has 7 heteroatoms. The number of guanidine groups is 1. The molecule has 138 valence electrons. The van der Waals surface area contributed by atoms with E-state index in [2.05, 4.69) is 50.0 Å². The normalized spacial score (nSPS) is 11.1. The number of methoxy groups -OCH3 is 1. The number of aliphatic imine (C=N–C) groups is 1. The van der Waals surface area contributed by atoms with Crippen LogP contribution < -0.4 is 15.4 Å². The first kappa shape index (κ1) is 20.0. The molecule has 3 N–H and O–H groups in total. The number of rotatable bonds is 6. The van der Waals surface area contributed by atoms with Gasteiger partial charge in [0.05, 0.1) is 7.11 Å². The second kappa shape index (κ2) is 10.0. The number of benzene rings is 1. The summed E-state index contributed by atoms with van der Waals surface area (Å²) in [5.74, 6) is 1.39. The third-order valence-corrected chi connectivity index (χ3v) is 4.05. The molecule has 0 fully saturated rings. The van der Waals surface area contributed by atoms with Crippen molar-refractivity contribution in [2.24, 2.45) is 4.99 Å². The number of hydrogen-bond donors (Lipinski definition) is 3. The number of para-hydroxylation sites is 1. The van der Waals surface area contributed by atoms with Gasteiger partial charge < -0.3 is 20.4 Å². The molecule has 0 atom stereocenters. The number of H-pyrrole nitrogens is 1. The van der Waals surface area contributed by atoms with Crippen LogP contribution in [0.1, 0.15) is 11.1 Å². The molecule has 2 aromatic heterocycles. The van der Waals surface area contributed by atoms with Gasteiger partial charge in [-0.2, -0.15) is 0 Å². The molecule has 0 aliphatic heterocycles. The number of halogens is 1. The van der Waals surface area contributed by atoms with Crippen molar-refractivity contribution in [3.05, 3.63) is 59.9 Å². The van der Waals surface area contributed by atoms with Crippen molar-refractivity contribution in [1.82, 2.24) is 20.6 Å². The van der Waals surface area contributed by atoms with Crippen LogP contribution >= 0.6 is 24.0 Å². The van der Waals surface area contributed by atoms with E-state index in [1.807, 2.05) is 18.2 Å². The zero-order chi connectivity index (χ0) is 17.5. The first-order chi connectivity index (χ1) is 12.3. The van der Waals surface area contributed by atoms with E-state index in [9.17, 15) is 0 Å². The summed E-state index contributed by atoms with van der Waals surface area (Å²) >= 11 is 0. The Kier molecular flexibility index (Phi) is 7.71. The zero-order valence-electron chi connectivity index (χ0n) is 15.0. The van der Waals surface area contributed by atoms with Crippen molar-refractivity contribution < 1.29 is 4.74 Å². The molecule has 0 saturated carbocycles. The van der Waals surface area contributed by atoms with Crippen LogP contribution in [-0.4, -0.2) is 36.6 Å². The van der Waals surface area contributed by atoms with Gasteiger partial charge in [0.25, 0.3) is 0 Å². The maximum absolute atomic E-state index is 5.14. The van der Waals surface area contributed by atoms with Gasteiger partial charge in [-0.05, 0) is 29.7 Å². The molecule has 0 amide bonds. The lowest BCUT2D eigenvalue weighted by atomic mass is 10.1. The molecule has 0 saturated heterocycles. The quantitative estimate of drug-likeness (QED) is 0.297. The number of pyridine rings is 1. The van der Waals surface area contributed by atoms with Crippen molar-refractivity contribution in [3.63, 3.8) is 0 Å². The molecule has 0 bridgehead atoms. The van der Waals surface area contributed by atoms with Gasteiger partial charge in [-0.3, -0.25) is 4.99 Å². The number of hydrogen-bond acceptors (Lipinski definition) is 3. The standard InChI is InChI=1S/C19H23N5O.HI/c1-20-19(24-12-14-7-9-21-18(11-14)25-2)22-10-8-15-13-23-17-6-4-3-5-16(15)17;/h3-7,9,11,13,23H,8,10,12H2,1-2H3,(H2,20,22,24);1H. The molecule has 26 heavy (non-hydrogen) atoms. The Morgan fingerprint density at radius 1 is 1.23 bits per heavy atom. The number of ether oxygens (including phenoxy) is 1. The average Bonchev–Trinajstić information content (AvgIpc) is 3.08. The molecule has 3 aromatic rings. The van der Waals surface area contributed by atoms with Gasteiger partial charge in [0.2, 0.25) is 5.88 Å². The van der Waals surface area contributed by atoms with Crippen LogP contribution in [-0.2, 0) is 13.0 Å². The van der Waals surface area contributed by atoms with E-state index in [0.717, 1.165) is 24.5 Å². The summed E-state index contributed by atoms with van der Waals surface area (Å²) in [6, 6.07) is 12.2. The van der Waals surface area contributed by atoms with Gasteiger partial charge >= 0.3 is 0 Å². The van der Waals surface area contributed by atoms with E-state index in [4.69, 9.17) is 4.74 Å². The highest BCUT2D eigenvalue weighted by atomic mass is 127. The van der Waals surface area contributed by atoms with Gasteiger partial charge in [-0.25, -0.2) is 4.98 Å². The highest BCUT2D eigenvalue weighted by Crippen LogP contribution is 2.17. The Balaban J connectivity index is 0.00000243. The van der Waals surface area contributed by atoms with E-state index in [0.29, 0.717) is 12.4 Å². The van der Waals surface area contributed by atoms with Crippen molar-refractivity contribution in [3.8, 4) is 5.88 Å². The Bertz CT molecular complexity index is 862. The second-order valence-corrected chi connectivity index (χ2v) is 5.67. The molecule has 2 heterocycles. The van der Waals surface area contributed by atoms with Crippen LogP contribution in [0, 0.1) is 0 Å². The van der Waals surface area contributed by atoms with Crippen molar-refractivity contribution in [1.29, 1.82) is 0 Å². The van der Waals surface area contributed by atoms with Crippen molar-refractivity contribution >= 4 is 40.8 Å². The minimum atomic E-state index is 0. The largest absolute Gasteiger partial charge is 0.481 e. The first-order valence-corrected chi connectivity index (χ1v) is 8.28. The van der Waals surface area contributed by atoms with Crippen LogP contribution in [0.2, 0.25) is 0 Å². The predicted molar refractivity (Wildman–Crippen MR) is 116 cm³/mol. The maximum Gasteiger partial charge on any atom is 0.213 e. The summed E-state index contributed by atoms with van der Waals surface area (Å²) in [6.07, 6.45) is 4.74. The minimum Gasteiger partial charge on any atom is -0.481 e. The number of aromatic amines is 1. The lowest BCUT2D eigenvalue weighted by Crippen LogP contribution is -2.37. The summed E-state index contributed by atoms with van der Waals surface area (Å²) in [4.78, 5) is 11.7. The van der Waals surface area contributed by atoms with Gasteiger partial charge in [0.15, 0.2) is 5.96 Å². The monoisotopic (exact) mass is 465 g/mol. The number of aromatic nitrogens is 2. The van der Waals surface area contributed by atoms with Crippen LogP contribution in [0.5, 0.6) is 5.88 Å². The first-order valence-electron chi connectivity index (χ1n) is 8.28. The number of fused-ring (bicyclic) bond motifs is 1. The lowest BCUT2D eigenvalue weighted by Gasteiger charge is -2.12. The Morgan fingerprint density at radius 3 is 2.88 bits per heavy atom. The van der Waals surface area contributed by atoms with Crippen molar-refractivity contribution in [2.45, 2.75) is 13.0 Å². The van der Waals surface area contributed by atoms with Gasteiger partial charge in [0.1, 0.15) is 0 Å². The van der Waals surface area contributed by atoms with E-state index >= 15 is 0 Å². The zero-order valence-corrected chi connectivity index (χ0v) is 17.3. The van der Waals surface area contributed by atoms with Crippen LogP contribution in [0.4, 0.5) is 0 Å². The molecule has 0 spiro atoms. The summed E-state index contributed by atoms with van der Waals surface area (Å²) < 4.78 is 5.14. The molecule has 6 nitrogen and oxygen atoms in total. The molecule has 0 unspecified atom stereocenters. The smallest absolute Gasteiger partial charge is 0.213 e. The van der Waals surface area contributed by atoms with E-state index in [1.165, 1.54) is 16.5 Å². The topological polar surface area (TPSA) is 74.3 Å². The fourth-order valence-corrected chi connectivity index (χ4v) is 2.73. The molecular weight excluding hydrogens is 441 g/mol. The predicted octanol–water partition coefficient (Wildman–Crippen LogP) is 3.10. The Morgan fingerprint density at radius 2 is 2.08 bits per heavy atom. The summed E-state index contributed by atoms with van der Waals surface area (Å²) in [6.45, 7) is 1.47. The average molecular weight is 465 g/mol. The van der Waals surface area contributed by atoms with Crippen LogP contribution in [0.25, 0.3) is 10.9 Å². The summed E-state index contributed by atoms with van der Waals surface area (Å²) in [7, 11) is 3.39.